The molecule has 1 aromatic heterocycles. The van der Waals surface area contributed by atoms with Crippen LogP contribution in [-0.2, 0) is 0 Å². The molecule has 0 bridgehead atoms. The standard InChI is InChI=1S/C20H27N3O3S/c1-3-23(4-2)17(15-8-11-27-14-15)13-21-20(24)22-16-6-7-18-19(12-16)26-10-5-9-25-18/h6-8,11-12,14,17H,3-5,9-10,13H2,1-2H3,(H2,21,22,24)/t17-/m0/s1. The smallest absolute Gasteiger partial charge is 0.319 e. The van der Waals surface area contributed by atoms with Crippen LogP contribution in [0.15, 0.2) is 35.0 Å². The molecule has 2 aromatic rings. The van der Waals surface area contributed by atoms with Gasteiger partial charge in [0, 0.05) is 24.7 Å². The lowest BCUT2D eigenvalue weighted by Crippen LogP contribution is -2.39. The molecule has 1 atom stereocenters. The number of nitrogens with one attached hydrogen (secondary N) is 2. The monoisotopic (exact) mass is 389 g/mol. The Morgan fingerprint density at radius 2 is 1.96 bits per heavy atom. The van der Waals surface area contributed by atoms with Crippen LogP contribution in [0, 0.1) is 0 Å². The summed E-state index contributed by atoms with van der Waals surface area (Å²) in [6.45, 7) is 7.96. The number of urea groups is 1. The molecule has 7 heteroatoms. The third-order valence-corrected chi connectivity index (χ3v) is 5.34. The van der Waals surface area contributed by atoms with Gasteiger partial charge < -0.3 is 20.1 Å². The molecule has 0 saturated heterocycles. The van der Waals surface area contributed by atoms with Crippen LogP contribution in [0.25, 0.3) is 0 Å². The summed E-state index contributed by atoms with van der Waals surface area (Å²) in [5.74, 6) is 1.39. The fourth-order valence-corrected chi connectivity index (χ4v) is 3.90. The third-order valence-electron chi connectivity index (χ3n) is 4.64. The van der Waals surface area contributed by atoms with Crippen LogP contribution in [0.2, 0.25) is 0 Å². The number of hydrogen-bond acceptors (Lipinski definition) is 5. The van der Waals surface area contributed by atoms with E-state index < -0.39 is 0 Å². The van der Waals surface area contributed by atoms with Crippen molar-refractivity contribution in [3.63, 3.8) is 0 Å². The summed E-state index contributed by atoms with van der Waals surface area (Å²) in [5.41, 5.74) is 1.92. The number of likely N-dealkylation sites (N-methyl/N-ethyl adjacent to an activating group) is 1. The quantitative estimate of drug-likeness (QED) is 0.748. The molecule has 2 N–H and O–H groups in total. The highest BCUT2D eigenvalue weighted by Crippen LogP contribution is 2.32. The van der Waals surface area contributed by atoms with Crippen LogP contribution in [0.1, 0.15) is 31.9 Å². The fraction of sp³-hybridized carbons (Fsp3) is 0.450. The largest absolute Gasteiger partial charge is 0.490 e. The van der Waals surface area contributed by atoms with E-state index in [9.17, 15) is 4.79 Å². The molecule has 0 spiro atoms. The first kappa shape index (κ1) is 19.5. The first-order valence-corrected chi connectivity index (χ1v) is 10.4. The van der Waals surface area contributed by atoms with E-state index >= 15 is 0 Å². The summed E-state index contributed by atoms with van der Waals surface area (Å²) in [5, 5.41) is 10.1. The second-order valence-electron chi connectivity index (χ2n) is 6.34. The zero-order valence-corrected chi connectivity index (χ0v) is 16.7. The summed E-state index contributed by atoms with van der Waals surface area (Å²) in [4.78, 5) is 14.8. The SMILES string of the molecule is CCN(CC)[C@@H](CNC(=O)Nc1ccc2c(c1)OCCCO2)c1ccsc1. The van der Waals surface area contributed by atoms with Gasteiger partial charge in [0.25, 0.3) is 0 Å². The molecule has 0 fully saturated rings. The summed E-state index contributed by atoms with van der Waals surface area (Å²) in [6, 6.07) is 7.53. The zero-order chi connectivity index (χ0) is 19.1. The van der Waals surface area contributed by atoms with Gasteiger partial charge in [0.15, 0.2) is 11.5 Å². The van der Waals surface area contributed by atoms with E-state index in [0.29, 0.717) is 31.2 Å². The molecular formula is C20H27N3O3S. The van der Waals surface area contributed by atoms with Crippen molar-refractivity contribution in [3.05, 3.63) is 40.6 Å². The minimum Gasteiger partial charge on any atom is -0.490 e. The maximum atomic E-state index is 12.4. The number of amides is 2. The number of thiophene rings is 1. The van der Waals surface area contributed by atoms with Crippen LogP contribution in [0.3, 0.4) is 0 Å². The lowest BCUT2D eigenvalue weighted by molar-refractivity contribution is 0.210. The van der Waals surface area contributed by atoms with Crippen LogP contribution in [0.4, 0.5) is 10.5 Å². The van der Waals surface area contributed by atoms with E-state index in [0.717, 1.165) is 25.3 Å². The Morgan fingerprint density at radius 1 is 1.19 bits per heavy atom. The Bertz CT molecular complexity index is 732. The Morgan fingerprint density at radius 3 is 2.67 bits per heavy atom. The first-order valence-electron chi connectivity index (χ1n) is 9.42. The van der Waals surface area contributed by atoms with Crippen molar-refractivity contribution in [2.24, 2.45) is 0 Å². The maximum absolute atomic E-state index is 12.4. The van der Waals surface area contributed by atoms with E-state index in [1.807, 2.05) is 12.1 Å². The van der Waals surface area contributed by atoms with Crippen molar-refractivity contribution in [2.75, 3.05) is 38.2 Å². The topological polar surface area (TPSA) is 62.8 Å². The van der Waals surface area contributed by atoms with E-state index in [1.165, 1.54) is 5.56 Å². The van der Waals surface area contributed by atoms with Gasteiger partial charge in [-0.25, -0.2) is 4.79 Å². The fourth-order valence-electron chi connectivity index (χ4n) is 3.19. The summed E-state index contributed by atoms with van der Waals surface area (Å²) in [7, 11) is 0. The molecule has 2 amide bonds. The molecule has 146 valence electrons. The minimum absolute atomic E-state index is 0.167. The number of anilines is 1. The van der Waals surface area contributed by atoms with Gasteiger partial charge in [-0.2, -0.15) is 11.3 Å². The third kappa shape index (κ3) is 5.14. The predicted molar refractivity (Wildman–Crippen MR) is 109 cm³/mol. The minimum atomic E-state index is -0.225. The molecule has 0 saturated carbocycles. The molecule has 0 radical (unpaired) electrons. The van der Waals surface area contributed by atoms with Crippen molar-refractivity contribution in [2.45, 2.75) is 26.3 Å². The molecule has 0 aliphatic carbocycles. The highest BCUT2D eigenvalue weighted by molar-refractivity contribution is 7.07. The van der Waals surface area contributed by atoms with Crippen LogP contribution in [-0.4, -0.2) is 43.8 Å². The van der Waals surface area contributed by atoms with Crippen LogP contribution >= 0.6 is 11.3 Å². The van der Waals surface area contributed by atoms with E-state index in [4.69, 9.17) is 9.47 Å². The lowest BCUT2D eigenvalue weighted by atomic mass is 10.1. The van der Waals surface area contributed by atoms with Gasteiger partial charge in [0.05, 0.1) is 19.3 Å². The molecule has 1 aromatic carbocycles. The summed E-state index contributed by atoms with van der Waals surface area (Å²) >= 11 is 1.68. The Labute approximate surface area is 164 Å². The van der Waals surface area contributed by atoms with Crippen molar-refractivity contribution < 1.29 is 14.3 Å². The predicted octanol–water partition coefficient (Wildman–Crippen LogP) is 4.11. The lowest BCUT2D eigenvalue weighted by Gasteiger charge is -2.29. The highest BCUT2D eigenvalue weighted by Gasteiger charge is 2.19. The molecular weight excluding hydrogens is 362 g/mol. The van der Waals surface area contributed by atoms with Gasteiger partial charge in [0.2, 0.25) is 0 Å². The van der Waals surface area contributed by atoms with Gasteiger partial charge in [-0.3, -0.25) is 4.90 Å². The number of rotatable bonds is 7. The molecule has 27 heavy (non-hydrogen) atoms. The van der Waals surface area contributed by atoms with Gasteiger partial charge in [-0.1, -0.05) is 13.8 Å². The number of carbonyl (C=O) groups is 1. The average Bonchev–Trinajstić information content (AvgIpc) is 3.10. The number of benzene rings is 1. The molecule has 2 heterocycles. The van der Waals surface area contributed by atoms with E-state index in [2.05, 4.69) is 46.2 Å². The maximum Gasteiger partial charge on any atom is 0.319 e. The Hall–Kier alpha value is -2.25. The van der Waals surface area contributed by atoms with Crippen LogP contribution in [0.5, 0.6) is 11.5 Å². The van der Waals surface area contributed by atoms with Crippen molar-refractivity contribution in [3.8, 4) is 11.5 Å². The summed E-state index contributed by atoms with van der Waals surface area (Å²) < 4.78 is 11.3. The van der Waals surface area contributed by atoms with Crippen molar-refractivity contribution in [1.29, 1.82) is 0 Å². The molecule has 1 aliphatic heterocycles. The number of nitrogens with zero attached hydrogens (tertiary/aromatic N) is 1. The van der Waals surface area contributed by atoms with Crippen molar-refractivity contribution in [1.82, 2.24) is 10.2 Å². The Balaban J connectivity index is 1.60. The van der Waals surface area contributed by atoms with Crippen molar-refractivity contribution >= 4 is 23.1 Å². The van der Waals surface area contributed by atoms with Gasteiger partial charge in [-0.15, -0.1) is 0 Å². The Kier molecular flexibility index (Phi) is 6.95. The molecule has 6 nitrogen and oxygen atoms in total. The van der Waals surface area contributed by atoms with Crippen LogP contribution < -0.4 is 20.1 Å². The van der Waals surface area contributed by atoms with Gasteiger partial charge in [0.1, 0.15) is 0 Å². The number of ether oxygens (including phenoxy) is 2. The number of hydrogen-bond donors (Lipinski definition) is 2. The van der Waals surface area contributed by atoms with Gasteiger partial charge in [-0.05, 0) is 47.6 Å². The number of carbonyl (C=O) groups excluding carboxylic acids is 1. The molecule has 0 unspecified atom stereocenters. The zero-order valence-electron chi connectivity index (χ0n) is 15.9. The van der Waals surface area contributed by atoms with Gasteiger partial charge >= 0.3 is 6.03 Å². The number of fused-ring (bicyclic) bond motifs is 1. The second kappa shape index (κ2) is 9.62. The molecule has 3 rings (SSSR count). The average molecular weight is 390 g/mol. The van der Waals surface area contributed by atoms with E-state index in [1.54, 1.807) is 17.4 Å². The first-order chi connectivity index (χ1) is 13.2. The normalized spacial score (nSPS) is 14.5. The molecule has 1 aliphatic rings. The second-order valence-corrected chi connectivity index (χ2v) is 7.12. The summed E-state index contributed by atoms with van der Waals surface area (Å²) in [6.07, 6.45) is 0.854. The van der Waals surface area contributed by atoms with E-state index in [-0.39, 0.29) is 12.1 Å². The highest BCUT2D eigenvalue weighted by atomic mass is 32.1.